The highest BCUT2D eigenvalue weighted by Crippen LogP contribution is 2.42. The minimum absolute atomic E-state index is 0. The maximum Gasteiger partial charge on any atom is 0.248 e. The molecule has 1 N–H and O–H groups in total. The predicted molar refractivity (Wildman–Crippen MR) is 88.6 cm³/mol. The second kappa shape index (κ2) is 8.97. The number of alkyl halides is 2. The molecule has 3 aliphatic rings. The quantitative estimate of drug-likeness (QED) is 0.833. The van der Waals surface area contributed by atoms with Crippen molar-refractivity contribution < 1.29 is 13.5 Å². The first-order valence-electron chi connectivity index (χ1n) is 8.06. The molecule has 7 heteroatoms. The van der Waals surface area contributed by atoms with E-state index >= 15 is 0 Å². The zero-order valence-electron chi connectivity index (χ0n) is 12.9. The van der Waals surface area contributed by atoms with E-state index in [2.05, 4.69) is 10.2 Å². The summed E-state index contributed by atoms with van der Waals surface area (Å²) in [6, 6.07) is 0.690. The van der Waals surface area contributed by atoms with Gasteiger partial charge >= 0.3 is 0 Å². The summed E-state index contributed by atoms with van der Waals surface area (Å²) in [6.07, 6.45) is 5.02. The molecule has 3 rings (SSSR count). The Labute approximate surface area is 144 Å². The maximum atomic E-state index is 12.8. The Kier molecular flexibility index (Phi) is 8.31. The zero-order valence-corrected chi connectivity index (χ0v) is 14.6. The van der Waals surface area contributed by atoms with Gasteiger partial charge in [0.25, 0.3) is 0 Å². The largest absolute Gasteiger partial charge is 0.377 e. The van der Waals surface area contributed by atoms with Crippen molar-refractivity contribution in [1.82, 2.24) is 10.2 Å². The first kappa shape index (κ1) is 20.4. The molecule has 1 saturated carbocycles. The third-order valence-electron chi connectivity index (χ3n) is 4.98. The van der Waals surface area contributed by atoms with Gasteiger partial charge in [0, 0.05) is 25.4 Å². The summed E-state index contributed by atoms with van der Waals surface area (Å²) in [5, 5.41) is 3.40. The van der Waals surface area contributed by atoms with E-state index in [4.69, 9.17) is 4.74 Å². The van der Waals surface area contributed by atoms with Gasteiger partial charge in [-0.05, 0) is 51.2 Å². The average Bonchev–Trinajstić information content (AvgIpc) is 2.44. The lowest BCUT2D eigenvalue weighted by molar-refractivity contribution is -0.139. The molecule has 0 bridgehead atoms. The molecule has 0 spiro atoms. The van der Waals surface area contributed by atoms with E-state index in [1.165, 1.54) is 25.8 Å². The van der Waals surface area contributed by atoms with Crippen molar-refractivity contribution >= 4 is 24.8 Å². The topological polar surface area (TPSA) is 24.5 Å². The third kappa shape index (κ3) is 5.45. The highest BCUT2D eigenvalue weighted by atomic mass is 35.5. The summed E-state index contributed by atoms with van der Waals surface area (Å²) >= 11 is 0. The molecule has 132 valence electrons. The van der Waals surface area contributed by atoms with Crippen LogP contribution in [0.4, 0.5) is 8.78 Å². The standard InChI is InChI=1S/C15H26F2N2O.2ClH/c16-15(17)8-12(9-15)11-20-14-2-1-7-19(10-14)13-3-5-18-6-4-13;;/h12-14,18H,1-11H2;2*1H. The Hall–Kier alpha value is 0.320. The molecule has 0 amide bonds. The first-order chi connectivity index (χ1) is 9.62. The molecule has 2 heterocycles. The van der Waals surface area contributed by atoms with E-state index in [9.17, 15) is 8.78 Å². The van der Waals surface area contributed by atoms with Crippen LogP contribution in [0.5, 0.6) is 0 Å². The predicted octanol–water partition coefficient (Wildman–Crippen LogP) is 3.11. The number of hydrogen-bond acceptors (Lipinski definition) is 3. The number of ether oxygens (including phenoxy) is 1. The van der Waals surface area contributed by atoms with Gasteiger partial charge < -0.3 is 10.1 Å². The molecule has 0 aromatic carbocycles. The van der Waals surface area contributed by atoms with E-state index in [1.807, 2.05) is 0 Å². The lowest BCUT2D eigenvalue weighted by atomic mass is 9.82. The summed E-state index contributed by atoms with van der Waals surface area (Å²) < 4.78 is 31.5. The molecule has 3 nitrogen and oxygen atoms in total. The summed E-state index contributed by atoms with van der Waals surface area (Å²) in [5.41, 5.74) is 0. The van der Waals surface area contributed by atoms with Crippen LogP contribution in [0.25, 0.3) is 0 Å². The maximum absolute atomic E-state index is 12.8. The van der Waals surface area contributed by atoms with Crippen molar-refractivity contribution in [2.75, 3.05) is 32.8 Å². The molecular formula is C15H28Cl2F2N2O. The van der Waals surface area contributed by atoms with E-state index in [1.54, 1.807) is 0 Å². The van der Waals surface area contributed by atoms with Crippen LogP contribution in [0.3, 0.4) is 0 Å². The SMILES string of the molecule is Cl.Cl.FC1(F)CC(COC2CCCN(C3CCNCC3)C2)C1. The number of piperidine rings is 2. The van der Waals surface area contributed by atoms with Crippen LogP contribution in [0.15, 0.2) is 0 Å². The number of nitrogens with one attached hydrogen (secondary N) is 1. The van der Waals surface area contributed by atoms with Gasteiger partial charge in [-0.2, -0.15) is 0 Å². The number of halogens is 4. The van der Waals surface area contributed by atoms with E-state index < -0.39 is 5.92 Å². The zero-order chi connectivity index (χ0) is 14.0. The van der Waals surface area contributed by atoms with Crippen LogP contribution in [-0.2, 0) is 4.74 Å². The molecule has 22 heavy (non-hydrogen) atoms. The van der Waals surface area contributed by atoms with Crippen molar-refractivity contribution in [1.29, 1.82) is 0 Å². The number of nitrogens with zero attached hydrogens (tertiary/aromatic N) is 1. The van der Waals surface area contributed by atoms with Crippen molar-refractivity contribution in [3.05, 3.63) is 0 Å². The Bertz CT molecular complexity index is 323. The van der Waals surface area contributed by atoms with E-state index in [-0.39, 0.29) is 49.7 Å². The van der Waals surface area contributed by atoms with Crippen molar-refractivity contribution in [3.63, 3.8) is 0 Å². The number of hydrogen-bond donors (Lipinski definition) is 1. The van der Waals surface area contributed by atoms with Gasteiger partial charge in [-0.1, -0.05) is 0 Å². The monoisotopic (exact) mass is 360 g/mol. The first-order valence-corrected chi connectivity index (χ1v) is 8.06. The molecule has 1 atom stereocenters. The molecule has 1 aliphatic carbocycles. The Morgan fingerprint density at radius 3 is 2.41 bits per heavy atom. The minimum atomic E-state index is -2.41. The van der Waals surface area contributed by atoms with Gasteiger partial charge in [0.1, 0.15) is 0 Å². The highest BCUT2D eigenvalue weighted by molar-refractivity contribution is 5.85. The second-order valence-corrected chi connectivity index (χ2v) is 6.70. The van der Waals surface area contributed by atoms with E-state index in [0.29, 0.717) is 12.6 Å². The van der Waals surface area contributed by atoms with Crippen LogP contribution in [-0.4, -0.2) is 55.8 Å². The highest BCUT2D eigenvalue weighted by Gasteiger charge is 2.45. The van der Waals surface area contributed by atoms with Gasteiger partial charge in [-0.15, -0.1) is 24.8 Å². The third-order valence-corrected chi connectivity index (χ3v) is 4.98. The normalized spacial score (nSPS) is 30.0. The van der Waals surface area contributed by atoms with E-state index in [0.717, 1.165) is 26.1 Å². The lowest BCUT2D eigenvalue weighted by Crippen LogP contribution is -2.49. The average molecular weight is 361 g/mol. The van der Waals surface area contributed by atoms with Crippen LogP contribution in [0, 0.1) is 5.92 Å². The smallest absolute Gasteiger partial charge is 0.248 e. The molecule has 2 aliphatic heterocycles. The van der Waals surface area contributed by atoms with Crippen molar-refractivity contribution in [2.45, 2.75) is 56.6 Å². The molecule has 1 unspecified atom stereocenters. The van der Waals surface area contributed by atoms with Crippen LogP contribution >= 0.6 is 24.8 Å². The molecular weight excluding hydrogens is 333 g/mol. The fraction of sp³-hybridized carbons (Fsp3) is 1.00. The van der Waals surface area contributed by atoms with Gasteiger partial charge in [0.2, 0.25) is 5.92 Å². The molecule has 0 radical (unpaired) electrons. The molecule has 0 aromatic heterocycles. The van der Waals surface area contributed by atoms with Crippen LogP contribution in [0.1, 0.15) is 38.5 Å². The van der Waals surface area contributed by atoms with Crippen LogP contribution < -0.4 is 5.32 Å². The summed E-state index contributed by atoms with van der Waals surface area (Å²) in [6.45, 7) is 4.92. The fourth-order valence-corrected chi connectivity index (χ4v) is 3.78. The van der Waals surface area contributed by atoms with Gasteiger partial charge in [0.15, 0.2) is 0 Å². The molecule has 3 fully saturated rings. The van der Waals surface area contributed by atoms with Crippen molar-refractivity contribution in [3.8, 4) is 0 Å². The van der Waals surface area contributed by atoms with Crippen molar-refractivity contribution in [2.24, 2.45) is 5.92 Å². The lowest BCUT2D eigenvalue weighted by Gasteiger charge is -2.41. The van der Waals surface area contributed by atoms with Gasteiger partial charge in [-0.25, -0.2) is 8.78 Å². The summed E-state index contributed by atoms with van der Waals surface area (Å²) in [4.78, 5) is 2.56. The number of likely N-dealkylation sites (tertiary alicyclic amines) is 1. The van der Waals surface area contributed by atoms with Gasteiger partial charge in [-0.3, -0.25) is 4.90 Å². The Balaban J connectivity index is 0.00000121. The Morgan fingerprint density at radius 1 is 1.09 bits per heavy atom. The summed E-state index contributed by atoms with van der Waals surface area (Å²) in [5.74, 6) is -2.33. The fourth-order valence-electron chi connectivity index (χ4n) is 3.78. The van der Waals surface area contributed by atoms with Crippen LogP contribution in [0.2, 0.25) is 0 Å². The molecule has 2 saturated heterocycles. The van der Waals surface area contributed by atoms with Gasteiger partial charge in [0.05, 0.1) is 12.7 Å². The Morgan fingerprint density at radius 2 is 1.77 bits per heavy atom. The number of rotatable bonds is 4. The second-order valence-electron chi connectivity index (χ2n) is 6.70. The minimum Gasteiger partial charge on any atom is -0.377 e. The summed E-state index contributed by atoms with van der Waals surface area (Å²) in [7, 11) is 0. The molecule has 0 aromatic rings.